The van der Waals surface area contributed by atoms with Gasteiger partial charge in [-0.1, -0.05) is 54.7 Å². The summed E-state index contributed by atoms with van der Waals surface area (Å²) in [5.41, 5.74) is 2.30. The molecule has 0 amide bonds. The molecule has 2 nitrogen and oxygen atoms in total. The molecule has 0 N–H and O–H groups in total. The molecule has 2 rings (SSSR count). The largest absolute Gasteiger partial charge is 0.216 e. The van der Waals surface area contributed by atoms with E-state index in [2.05, 4.69) is 18.7 Å². The molecule has 0 aliphatic heterocycles. The van der Waals surface area contributed by atoms with Crippen LogP contribution in [0.5, 0.6) is 0 Å². The van der Waals surface area contributed by atoms with Gasteiger partial charge in [0.1, 0.15) is 0 Å². The standard InChI is InChI=1S/C17H22N2S2/c1-3-9-14-10-7-8-13-16(14)18-19(17(20)21-2)15-11-5-4-6-12-15/h3-6,11-12,14H,1,7-10,13H2,2H3/b18-16+. The summed E-state index contributed by atoms with van der Waals surface area (Å²) >= 11 is 7.05. The first-order chi connectivity index (χ1) is 10.3. The van der Waals surface area contributed by atoms with Crippen molar-refractivity contribution < 1.29 is 0 Å². The second-order valence-corrected chi connectivity index (χ2v) is 6.62. The minimum atomic E-state index is 0.520. The van der Waals surface area contributed by atoms with Crippen LogP contribution in [-0.4, -0.2) is 16.3 Å². The normalized spacial score (nSPS) is 20.2. The van der Waals surface area contributed by atoms with E-state index < -0.39 is 0 Å². The van der Waals surface area contributed by atoms with Crippen LogP contribution in [-0.2, 0) is 0 Å². The molecule has 1 unspecified atom stereocenters. The quantitative estimate of drug-likeness (QED) is 0.427. The number of para-hydroxylation sites is 1. The van der Waals surface area contributed by atoms with Crippen molar-refractivity contribution in [2.45, 2.75) is 32.1 Å². The molecule has 1 atom stereocenters. The van der Waals surface area contributed by atoms with Crippen molar-refractivity contribution in [3.05, 3.63) is 43.0 Å². The van der Waals surface area contributed by atoms with E-state index in [1.165, 1.54) is 25.0 Å². The Balaban J connectivity index is 2.30. The van der Waals surface area contributed by atoms with Gasteiger partial charge in [-0.25, -0.2) is 5.01 Å². The van der Waals surface area contributed by atoms with E-state index in [0.717, 1.165) is 22.8 Å². The lowest BCUT2D eigenvalue weighted by molar-refractivity contribution is 0.529. The Morgan fingerprint density at radius 3 is 2.86 bits per heavy atom. The van der Waals surface area contributed by atoms with E-state index >= 15 is 0 Å². The van der Waals surface area contributed by atoms with Crippen LogP contribution in [0.4, 0.5) is 5.69 Å². The number of hydrogen-bond acceptors (Lipinski definition) is 3. The van der Waals surface area contributed by atoms with Crippen LogP contribution in [0, 0.1) is 5.92 Å². The van der Waals surface area contributed by atoms with Crippen molar-refractivity contribution >= 4 is 39.7 Å². The Hall–Kier alpha value is -1.13. The fourth-order valence-electron chi connectivity index (χ4n) is 2.64. The SMILES string of the molecule is C=CCC1CCCC/C1=N\N(C(=S)SC)c1ccccc1. The Kier molecular flexibility index (Phi) is 6.46. The average molecular weight is 319 g/mol. The molecule has 1 fully saturated rings. The molecule has 4 heteroatoms. The average Bonchev–Trinajstić information content (AvgIpc) is 2.54. The number of benzene rings is 1. The molecule has 0 aromatic heterocycles. The summed E-state index contributed by atoms with van der Waals surface area (Å²) in [6.07, 6.45) is 9.80. The maximum Gasteiger partial charge on any atom is 0.161 e. The van der Waals surface area contributed by atoms with Gasteiger partial charge in [-0.3, -0.25) is 0 Å². The lowest BCUT2D eigenvalue weighted by Gasteiger charge is -2.27. The Morgan fingerprint density at radius 1 is 1.43 bits per heavy atom. The van der Waals surface area contributed by atoms with Crippen molar-refractivity contribution in [3.63, 3.8) is 0 Å². The predicted octanol–water partition coefficient (Wildman–Crippen LogP) is 5.26. The van der Waals surface area contributed by atoms with Gasteiger partial charge in [-0.05, 0) is 44.1 Å². The first-order valence-electron chi connectivity index (χ1n) is 7.37. The molecular weight excluding hydrogens is 296 g/mol. The molecule has 1 aliphatic carbocycles. The van der Waals surface area contributed by atoms with Crippen LogP contribution in [0.1, 0.15) is 32.1 Å². The van der Waals surface area contributed by atoms with Crippen molar-refractivity contribution in [2.75, 3.05) is 11.3 Å². The highest BCUT2D eigenvalue weighted by atomic mass is 32.2. The lowest BCUT2D eigenvalue weighted by Crippen LogP contribution is -2.27. The summed E-state index contributed by atoms with van der Waals surface area (Å²) in [6, 6.07) is 10.2. The molecule has 1 aromatic carbocycles. The molecule has 0 radical (unpaired) electrons. The van der Waals surface area contributed by atoms with E-state index in [1.807, 2.05) is 35.5 Å². The maximum absolute atomic E-state index is 5.49. The van der Waals surface area contributed by atoms with Gasteiger partial charge in [0.15, 0.2) is 4.32 Å². The smallest absolute Gasteiger partial charge is 0.161 e. The molecule has 0 bridgehead atoms. The molecule has 112 valence electrons. The van der Waals surface area contributed by atoms with E-state index in [0.29, 0.717) is 5.92 Å². The number of nitrogens with zero attached hydrogens (tertiary/aromatic N) is 2. The van der Waals surface area contributed by atoms with E-state index in [-0.39, 0.29) is 0 Å². The lowest BCUT2D eigenvalue weighted by atomic mass is 9.85. The molecule has 0 saturated heterocycles. The van der Waals surface area contributed by atoms with E-state index in [9.17, 15) is 0 Å². The Labute approximate surface area is 137 Å². The molecule has 0 spiro atoms. The van der Waals surface area contributed by atoms with Gasteiger partial charge in [0.05, 0.1) is 5.69 Å². The first kappa shape index (κ1) is 16.2. The minimum absolute atomic E-state index is 0.520. The van der Waals surface area contributed by atoms with E-state index in [1.54, 1.807) is 11.8 Å². The van der Waals surface area contributed by atoms with Gasteiger partial charge < -0.3 is 0 Å². The fourth-order valence-corrected chi connectivity index (χ4v) is 3.11. The number of thiocarbonyl (C=S) groups is 1. The molecule has 1 aliphatic rings. The van der Waals surface area contributed by atoms with Crippen molar-refractivity contribution in [3.8, 4) is 0 Å². The summed E-state index contributed by atoms with van der Waals surface area (Å²) in [4.78, 5) is 0. The number of thioether (sulfide) groups is 1. The van der Waals surface area contributed by atoms with Gasteiger partial charge in [-0.2, -0.15) is 5.10 Å². The topological polar surface area (TPSA) is 15.6 Å². The zero-order valence-electron chi connectivity index (χ0n) is 12.5. The van der Waals surface area contributed by atoms with Gasteiger partial charge in [-0.15, -0.1) is 6.58 Å². The number of allylic oxidation sites excluding steroid dienone is 1. The summed E-state index contributed by atoms with van der Waals surface area (Å²) in [5.74, 6) is 0.520. The molecular formula is C17H22N2S2. The van der Waals surface area contributed by atoms with E-state index in [4.69, 9.17) is 17.3 Å². The zero-order chi connectivity index (χ0) is 15.1. The third kappa shape index (κ3) is 4.42. The number of rotatable bonds is 4. The minimum Gasteiger partial charge on any atom is -0.216 e. The van der Waals surface area contributed by atoms with Crippen LogP contribution < -0.4 is 5.01 Å². The van der Waals surface area contributed by atoms with Gasteiger partial charge >= 0.3 is 0 Å². The number of anilines is 1. The zero-order valence-corrected chi connectivity index (χ0v) is 14.1. The maximum atomic E-state index is 5.49. The van der Waals surface area contributed by atoms with Gasteiger partial charge in [0.2, 0.25) is 0 Å². The molecule has 21 heavy (non-hydrogen) atoms. The number of hydrogen-bond donors (Lipinski definition) is 0. The van der Waals surface area contributed by atoms with Crippen LogP contribution >= 0.6 is 24.0 Å². The summed E-state index contributed by atoms with van der Waals surface area (Å²) < 4.78 is 0.789. The third-order valence-electron chi connectivity index (χ3n) is 3.73. The molecule has 1 saturated carbocycles. The van der Waals surface area contributed by atoms with Crippen LogP contribution in [0.25, 0.3) is 0 Å². The van der Waals surface area contributed by atoms with Crippen LogP contribution in [0.15, 0.2) is 48.1 Å². The highest BCUT2D eigenvalue weighted by molar-refractivity contribution is 8.22. The van der Waals surface area contributed by atoms with Crippen molar-refractivity contribution in [1.82, 2.24) is 0 Å². The molecule has 1 aromatic rings. The van der Waals surface area contributed by atoms with Crippen molar-refractivity contribution in [1.29, 1.82) is 0 Å². The second kappa shape index (κ2) is 8.35. The number of hydrazone groups is 1. The van der Waals surface area contributed by atoms with Gasteiger partial charge in [0, 0.05) is 11.6 Å². The van der Waals surface area contributed by atoms with Gasteiger partial charge in [0.25, 0.3) is 0 Å². The summed E-state index contributed by atoms with van der Waals surface area (Å²) in [7, 11) is 0. The molecule has 0 heterocycles. The first-order valence-corrected chi connectivity index (χ1v) is 9.01. The third-order valence-corrected chi connectivity index (χ3v) is 4.93. The highest BCUT2D eigenvalue weighted by Crippen LogP contribution is 2.27. The Bertz CT molecular complexity index is 511. The monoisotopic (exact) mass is 318 g/mol. The van der Waals surface area contributed by atoms with Crippen LogP contribution in [0.3, 0.4) is 0 Å². The second-order valence-electron chi connectivity index (χ2n) is 5.18. The van der Waals surface area contributed by atoms with Crippen molar-refractivity contribution in [2.24, 2.45) is 11.0 Å². The summed E-state index contributed by atoms with van der Waals surface area (Å²) in [5, 5.41) is 6.83. The summed E-state index contributed by atoms with van der Waals surface area (Å²) in [6.45, 7) is 3.88. The Morgan fingerprint density at radius 2 is 2.19 bits per heavy atom. The predicted molar refractivity (Wildman–Crippen MR) is 99.2 cm³/mol. The van der Waals surface area contributed by atoms with Crippen LogP contribution in [0.2, 0.25) is 0 Å². The fraction of sp³-hybridized carbons (Fsp3) is 0.412. The highest BCUT2D eigenvalue weighted by Gasteiger charge is 2.21.